The third-order valence-corrected chi connectivity index (χ3v) is 4.48. The zero-order chi connectivity index (χ0) is 19.2. The van der Waals surface area contributed by atoms with Crippen LogP contribution in [0.3, 0.4) is 0 Å². The van der Waals surface area contributed by atoms with Crippen molar-refractivity contribution in [1.29, 1.82) is 0 Å². The third-order valence-electron chi connectivity index (χ3n) is 4.48. The summed E-state index contributed by atoms with van der Waals surface area (Å²) in [5.41, 5.74) is 2.27. The lowest BCUT2D eigenvalue weighted by Crippen LogP contribution is -2.40. The van der Waals surface area contributed by atoms with Crippen LogP contribution in [0.4, 0.5) is 0 Å². The molecule has 26 heavy (non-hydrogen) atoms. The normalized spacial score (nSPS) is 13.8. The van der Waals surface area contributed by atoms with Gasteiger partial charge in [-0.2, -0.15) is 0 Å². The number of aryl methyl sites for hydroxylation is 1. The second-order valence-corrected chi connectivity index (χ2v) is 7.54. The molecular formula is C20H33N5O. The predicted octanol–water partition coefficient (Wildman–Crippen LogP) is 2.96. The molecule has 1 unspecified atom stereocenters. The topological polar surface area (TPSA) is 63.5 Å². The molecule has 144 valence electrons. The van der Waals surface area contributed by atoms with Crippen molar-refractivity contribution in [3.8, 4) is 0 Å². The highest BCUT2D eigenvalue weighted by molar-refractivity contribution is 5.80. The highest BCUT2D eigenvalue weighted by Crippen LogP contribution is 2.21. The minimum absolute atomic E-state index is 0.0579. The van der Waals surface area contributed by atoms with Crippen LogP contribution in [0.2, 0.25) is 0 Å². The number of ether oxygens (including phenoxy) is 1. The largest absolute Gasteiger partial charge is 0.379 e. The van der Waals surface area contributed by atoms with Crippen molar-refractivity contribution >= 4 is 17.0 Å². The molecule has 1 atom stereocenters. The molecule has 0 fully saturated rings. The number of hydrogen-bond donors (Lipinski definition) is 2. The van der Waals surface area contributed by atoms with Crippen molar-refractivity contribution in [1.82, 2.24) is 20.2 Å². The van der Waals surface area contributed by atoms with Gasteiger partial charge < -0.3 is 19.9 Å². The van der Waals surface area contributed by atoms with E-state index < -0.39 is 0 Å². The summed E-state index contributed by atoms with van der Waals surface area (Å²) in [7, 11) is 1.75. The summed E-state index contributed by atoms with van der Waals surface area (Å²) in [6.45, 7) is 13.7. The van der Waals surface area contributed by atoms with E-state index >= 15 is 0 Å². The van der Waals surface area contributed by atoms with Crippen molar-refractivity contribution in [2.75, 3.05) is 26.7 Å². The number of aromatic nitrogens is 2. The van der Waals surface area contributed by atoms with Gasteiger partial charge in [0.15, 0.2) is 5.96 Å². The lowest BCUT2D eigenvalue weighted by atomic mass is 9.89. The fourth-order valence-electron chi connectivity index (χ4n) is 2.98. The average molecular weight is 360 g/mol. The quantitative estimate of drug-likeness (QED) is 0.589. The van der Waals surface area contributed by atoms with Crippen LogP contribution in [0.15, 0.2) is 29.3 Å². The van der Waals surface area contributed by atoms with Crippen LogP contribution >= 0.6 is 0 Å². The Morgan fingerprint density at radius 1 is 1.27 bits per heavy atom. The van der Waals surface area contributed by atoms with Crippen molar-refractivity contribution in [2.45, 2.75) is 47.3 Å². The van der Waals surface area contributed by atoms with E-state index in [2.05, 4.69) is 66.1 Å². The van der Waals surface area contributed by atoms with E-state index in [0.29, 0.717) is 6.54 Å². The molecule has 1 aromatic heterocycles. The van der Waals surface area contributed by atoms with Gasteiger partial charge in [0.2, 0.25) is 0 Å². The smallest absolute Gasteiger partial charge is 0.191 e. The zero-order valence-electron chi connectivity index (χ0n) is 17.0. The van der Waals surface area contributed by atoms with E-state index in [4.69, 9.17) is 9.73 Å². The first-order chi connectivity index (χ1) is 12.4. The number of guanidine groups is 1. The first-order valence-electron chi connectivity index (χ1n) is 9.33. The van der Waals surface area contributed by atoms with Crippen LogP contribution in [-0.4, -0.2) is 48.4 Å². The van der Waals surface area contributed by atoms with Gasteiger partial charge in [0, 0.05) is 26.7 Å². The average Bonchev–Trinajstić information content (AvgIpc) is 2.90. The number of rotatable bonds is 7. The molecule has 0 aliphatic rings. The lowest BCUT2D eigenvalue weighted by molar-refractivity contribution is 0.0241. The zero-order valence-corrected chi connectivity index (χ0v) is 17.0. The molecule has 2 N–H and O–H groups in total. The number of hydrogen-bond acceptors (Lipinski definition) is 3. The summed E-state index contributed by atoms with van der Waals surface area (Å²) in [5.74, 6) is 1.85. The Kier molecular flexibility index (Phi) is 7.03. The SMILES string of the molecule is CCNC(=NCC(OC)C(C)(C)C)NCCn1c(C)nc2ccccc21. The summed E-state index contributed by atoms with van der Waals surface area (Å²) in [5, 5.41) is 6.72. The number of benzene rings is 1. The van der Waals surface area contributed by atoms with Gasteiger partial charge in [0.05, 0.1) is 23.7 Å². The van der Waals surface area contributed by atoms with Gasteiger partial charge in [-0.25, -0.2) is 4.98 Å². The number of nitrogens with one attached hydrogen (secondary N) is 2. The molecule has 2 rings (SSSR count). The molecule has 0 amide bonds. The fourth-order valence-corrected chi connectivity index (χ4v) is 2.98. The minimum atomic E-state index is 0.0579. The number of imidazole rings is 1. The number of aliphatic imine (C=N–C) groups is 1. The highest BCUT2D eigenvalue weighted by atomic mass is 16.5. The fraction of sp³-hybridized carbons (Fsp3) is 0.600. The van der Waals surface area contributed by atoms with Crippen molar-refractivity contribution in [3.05, 3.63) is 30.1 Å². The monoisotopic (exact) mass is 359 g/mol. The van der Waals surface area contributed by atoms with E-state index in [1.807, 2.05) is 13.0 Å². The molecule has 0 saturated heterocycles. The third kappa shape index (κ3) is 5.21. The molecule has 0 aliphatic heterocycles. The van der Waals surface area contributed by atoms with Gasteiger partial charge in [-0.15, -0.1) is 0 Å². The van der Waals surface area contributed by atoms with E-state index in [0.717, 1.165) is 36.9 Å². The lowest BCUT2D eigenvalue weighted by Gasteiger charge is -2.28. The summed E-state index contributed by atoms with van der Waals surface area (Å²) in [6.07, 6.45) is 0.0813. The maximum atomic E-state index is 5.60. The number of methoxy groups -OCH3 is 1. The summed E-state index contributed by atoms with van der Waals surface area (Å²) in [4.78, 5) is 9.32. The second-order valence-electron chi connectivity index (χ2n) is 7.54. The Morgan fingerprint density at radius 2 is 2.00 bits per heavy atom. The first-order valence-corrected chi connectivity index (χ1v) is 9.33. The summed E-state index contributed by atoms with van der Waals surface area (Å²) in [6, 6.07) is 8.24. The molecule has 1 heterocycles. The van der Waals surface area contributed by atoms with Crippen LogP contribution in [0.5, 0.6) is 0 Å². The molecule has 0 bridgehead atoms. The van der Waals surface area contributed by atoms with E-state index in [1.165, 1.54) is 5.52 Å². The van der Waals surface area contributed by atoms with Crippen molar-refractivity contribution < 1.29 is 4.74 Å². The van der Waals surface area contributed by atoms with Gasteiger partial charge >= 0.3 is 0 Å². The number of nitrogens with zero attached hydrogens (tertiary/aromatic N) is 3. The van der Waals surface area contributed by atoms with Crippen molar-refractivity contribution in [2.24, 2.45) is 10.4 Å². The second kappa shape index (κ2) is 9.03. The van der Waals surface area contributed by atoms with Crippen LogP contribution in [0.25, 0.3) is 11.0 Å². The van der Waals surface area contributed by atoms with Gasteiger partial charge in [-0.05, 0) is 31.4 Å². The maximum absolute atomic E-state index is 5.60. The Hall–Kier alpha value is -2.08. The molecule has 2 aromatic rings. The molecule has 0 radical (unpaired) electrons. The Balaban J connectivity index is 1.99. The molecule has 6 heteroatoms. The first kappa shape index (κ1) is 20.2. The summed E-state index contributed by atoms with van der Waals surface area (Å²) < 4.78 is 7.83. The maximum Gasteiger partial charge on any atom is 0.191 e. The highest BCUT2D eigenvalue weighted by Gasteiger charge is 2.24. The van der Waals surface area contributed by atoms with Gasteiger partial charge in [-0.1, -0.05) is 32.9 Å². The van der Waals surface area contributed by atoms with Crippen LogP contribution in [0, 0.1) is 12.3 Å². The number of fused-ring (bicyclic) bond motifs is 1. The van der Waals surface area contributed by atoms with Gasteiger partial charge in [-0.3, -0.25) is 4.99 Å². The van der Waals surface area contributed by atoms with E-state index in [1.54, 1.807) is 7.11 Å². The Morgan fingerprint density at radius 3 is 2.65 bits per heavy atom. The van der Waals surface area contributed by atoms with Crippen LogP contribution < -0.4 is 10.6 Å². The van der Waals surface area contributed by atoms with Gasteiger partial charge in [0.25, 0.3) is 0 Å². The van der Waals surface area contributed by atoms with Gasteiger partial charge in [0.1, 0.15) is 5.82 Å². The Labute approximate surface area is 157 Å². The summed E-state index contributed by atoms with van der Waals surface area (Å²) >= 11 is 0. The molecule has 0 spiro atoms. The van der Waals surface area contributed by atoms with E-state index in [9.17, 15) is 0 Å². The molecule has 0 aliphatic carbocycles. The van der Waals surface area contributed by atoms with E-state index in [-0.39, 0.29) is 11.5 Å². The molecule has 6 nitrogen and oxygen atoms in total. The van der Waals surface area contributed by atoms with Crippen LogP contribution in [-0.2, 0) is 11.3 Å². The minimum Gasteiger partial charge on any atom is -0.379 e. The molecular weight excluding hydrogens is 326 g/mol. The molecule has 0 saturated carbocycles. The predicted molar refractivity (Wildman–Crippen MR) is 109 cm³/mol. The molecule has 1 aromatic carbocycles. The standard InChI is InChI=1S/C20H33N5O/c1-7-21-19(23-14-18(26-6)20(3,4)5)22-12-13-25-15(2)24-16-10-8-9-11-17(16)25/h8-11,18H,7,12-14H2,1-6H3,(H2,21,22,23). The Bertz CT molecular complexity index is 729. The number of para-hydroxylation sites is 2. The van der Waals surface area contributed by atoms with Crippen molar-refractivity contribution in [3.63, 3.8) is 0 Å². The van der Waals surface area contributed by atoms with Crippen LogP contribution in [0.1, 0.15) is 33.5 Å².